The molecule has 0 saturated carbocycles. The maximum atomic E-state index is 4.85. The minimum Gasteiger partial charge on any atom is -0.346 e. The molecule has 3 aliphatic rings. The van der Waals surface area contributed by atoms with E-state index < -0.39 is 0 Å². The highest BCUT2D eigenvalue weighted by Gasteiger charge is 2.28. The Balaban J connectivity index is 1.30. The van der Waals surface area contributed by atoms with Gasteiger partial charge in [-0.25, -0.2) is 0 Å². The summed E-state index contributed by atoms with van der Waals surface area (Å²) in [6.45, 7) is 14.0. The molecule has 5 rings (SSSR count). The second kappa shape index (κ2) is 8.32. The summed E-state index contributed by atoms with van der Waals surface area (Å²) in [7, 11) is 4.30. The van der Waals surface area contributed by atoms with Crippen LogP contribution in [0.3, 0.4) is 0 Å². The van der Waals surface area contributed by atoms with Crippen molar-refractivity contribution in [1.82, 2.24) is 24.9 Å². The van der Waals surface area contributed by atoms with E-state index in [1.54, 1.807) is 0 Å². The Morgan fingerprint density at radius 1 is 0.968 bits per heavy atom. The van der Waals surface area contributed by atoms with Crippen LogP contribution in [0.2, 0.25) is 0 Å². The van der Waals surface area contributed by atoms with Gasteiger partial charge < -0.3 is 20.0 Å². The topological polar surface area (TPSA) is 39.6 Å². The molecule has 0 spiro atoms. The fourth-order valence-electron chi connectivity index (χ4n) is 5.62. The van der Waals surface area contributed by atoms with E-state index in [9.17, 15) is 0 Å². The molecule has 1 aromatic carbocycles. The van der Waals surface area contributed by atoms with Gasteiger partial charge in [-0.2, -0.15) is 5.10 Å². The molecule has 0 atom stereocenters. The molecule has 4 heterocycles. The molecule has 0 radical (unpaired) electrons. The van der Waals surface area contributed by atoms with E-state index in [0.717, 1.165) is 36.3 Å². The number of aromatic nitrogens is 2. The number of fused-ring (bicyclic) bond motifs is 1. The number of nitrogens with zero attached hydrogens (tertiary/aromatic N) is 5. The Morgan fingerprint density at radius 3 is 2.42 bits per heavy atom. The lowest BCUT2D eigenvalue weighted by Gasteiger charge is -2.41. The number of anilines is 1. The van der Waals surface area contributed by atoms with Crippen LogP contribution in [-0.4, -0.2) is 65.4 Å². The minimum atomic E-state index is 0.653. The molecule has 0 unspecified atom stereocenters. The van der Waals surface area contributed by atoms with E-state index in [1.807, 2.05) is 4.68 Å². The highest BCUT2D eigenvalue weighted by Crippen LogP contribution is 2.35. The molecular formula is C25H36N6. The van der Waals surface area contributed by atoms with Gasteiger partial charge in [0.2, 0.25) is 0 Å². The number of likely N-dealkylation sites (tertiary alicyclic amines) is 2. The number of rotatable bonds is 3. The van der Waals surface area contributed by atoms with Crippen molar-refractivity contribution in [3.05, 3.63) is 48.4 Å². The molecule has 0 aliphatic carbocycles. The smallest absolute Gasteiger partial charge is 0.164 e. The molecule has 3 aliphatic heterocycles. The largest absolute Gasteiger partial charge is 0.346 e. The molecular weight excluding hydrogens is 384 g/mol. The van der Waals surface area contributed by atoms with Gasteiger partial charge in [-0.15, -0.1) is 0 Å². The van der Waals surface area contributed by atoms with Gasteiger partial charge in [-0.1, -0.05) is 19.2 Å². The first-order chi connectivity index (χ1) is 15.0. The van der Waals surface area contributed by atoms with Crippen LogP contribution >= 0.6 is 0 Å². The van der Waals surface area contributed by atoms with Crippen molar-refractivity contribution in [2.75, 3.05) is 44.7 Å². The number of nitrogens with one attached hydrogen (secondary N) is 1. The molecule has 0 amide bonds. The Kier molecular flexibility index (Phi) is 5.52. The lowest BCUT2D eigenvalue weighted by molar-refractivity contribution is 0.0966. The van der Waals surface area contributed by atoms with Gasteiger partial charge in [0, 0.05) is 37.1 Å². The maximum Gasteiger partial charge on any atom is 0.164 e. The predicted molar refractivity (Wildman–Crippen MR) is 128 cm³/mol. The average molecular weight is 421 g/mol. The highest BCUT2D eigenvalue weighted by molar-refractivity contribution is 5.92. The van der Waals surface area contributed by atoms with Crippen molar-refractivity contribution < 1.29 is 0 Å². The number of benzene rings is 1. The lowest BCUT2D eigenvalue weighted by Crippen LogP contribution is -2.46. The Morgan fingerprint density at radius 2 is 1.71 bits per heavy atom. The summed E-state index contributed by atoms with van der Waals surface area (Å²) in [5.41, 5.74) is 3.70. The molecule has 6 nitrogen and oxygen atoms in total. The van der Waals surface area contributed by atoms with Gasteiger partial charge in [-0.05, 0) is 82.5 Å². The van der Waals surface area contributed by atoms with Crippen LogP contribution < -0.4 is 10.2 Å². The molecule has 2 aromatic rings. The van der Waals surface area contributed by atoms with E-state index in [4.69, 9.17) is 5.10 Å². The number of hydrogen-bond acceptors (Lipinski definition) is 5. The van der Waals surface area contributed by atoms with E-state index in [0.29, 0.717) is 5.92 Å². The molecule has 3 fully saturated rings. The first kappa shape index (κ1) is 20.6. The first-order valence-electron chi connectivity index (χ1n) is 11.8. The van der Waals surface area contributed by atoms with Gasteiger partial charge in [0.1, 0.15) is 5.82 Å². The second-order valence-corrected chi connectivity index (χ2v) is 9.65. The quantitative estimate of drug-likeness (QED) is 0.821. The molecule has 166 valence electrons. The van der Waals surface area contributed by atoms with Crippen LogP contribution in [0.1, 0.15) is 43.6 Å². The summed E-state index contributed by atoms with van der Waals surface area (Å²) >= 11 is 0. The zero-order valence-corrected chi connectivity index (χ0v) is 19.1. The van der Waals surface area contributed by atoms with Gasteiger partial charge in [0.05, 0.1) is 5.52 Å². The monoisotopic (exact) mass is 420 g/mol. The van der Waals surface area contributed by atoms with Crippen molar-refractivity contribution in [2.24, 2.45) is 7.05 Å². The van der Waals surface area contributed by atoms with E-state index in [1.165, 1.54) is 68.3 Å². The zero-order valence-electron chi connectivity index (χ0n) is 19.1. The van der Waals surface area contributed by atoms with Crippen LogP contribution in [0.25, 0.3) is 10.9 Å². The summed E-state index contributed by atoms with van der Waals surface area (Å²) in [5.74, 6) is 2.51. The van der Waals surface area contributed by atoms with Gasteiger partial charge in [0.25, 0.3) is 0 Å². The van der Waals surface area contributed by atoms with Crippen molar-refractivity contribution in [3.63, 3.8) is 0 Å². The van der Waals surface area contributed by atoms with Crippen LogP contribution in [0, 0.1) is 0 Å². The van der Waals surface area contributed by atoms with Gasteiger partial charge in [0.15, 0.2) is 5.82 Å². The fourth-order valence-corrected chi connectivity index (χ4v) is 5.62. The molecule has 31 heavy (non-hydrogen) atoms. The minimum absolute atomic E-state index is 0.653. The third-order valence-electron chi connectivity index (χ3n) is 7.60. The first-order valence-corrected chi connectivity index (χ1v) is 11.8. The normalized spacial score (nSPS) is 23.0. The van der Waals surface area contributed by atoms with Crippen molar-refractivity contribution in [1.29, 1.82) is 0 Å². The van der Waals surface area contributed by atoms with Crippen LogP contribution in [0.15, 0.2) is 42.9 Å². The number of piperidine rings is 2. The fraction of sp³-hybridized carbons (Fsp3) is 0.560. The number of hydrogen-bond donors (Lipinski definition) is 1. The molecule has 3 saturated heterocycles. The van der Waals surface area contributed by atoms with Gasteiger partial charge in [-0.3, -0.25) is 4.68 Å². The molecule has 1 N–H and O–H groups in total. The Labute approximate surface area is 186 Å². The maximum absolute atomic E-state index is 4.85. The van der Waals surface area contributed by atoms with Crippen LogP contribution in [-0.2, 0) is 7.05 Å². The summed E-state index contributed by atoms with van der Waals surface area (Å²) in [6, 6.07) is 7.78. The number of aryl methyl sites for hydroxylation is 1. The summed E-state index contributed by atoms with van der Waals surface area (Å²) in [6.07, 6.45) is 6.09. The standard InChI is InChI=1S/C25H36N6/c1-18-7-16-31(19(2)26-18)25-23-6-5-21(17-24(23)29(4)27-25)20-8-14-30(15-9-20)22-10-12-28(3)13-11-22/h5-6,17,20,22,26H,1-2,7-16H2,3-4H3. The SMILES string of the molecule is C=C1CCN(c2nn(C)c3cc(C4CCN(C5CCN(C)CC5)CC4)ccc23)C(=C)N1. The van der Waals surface area contributed by atoms with Crippen molar-refractivity contribution >= 4 is 16.7 Å². The summed E-state index contributed by atoms with van der Waals surface area (Å²) < 4.78 is 2.03. The lowest BCUT2D eigenvalue weighted by atomic mass is 9.87. The Bertz CT molecular complexity index is 975. The van der Waals surface area contributed by atoms with E-state index in [-0.39, 0.29) is 0 Å². The second-order valence-electron chi connectivity index (χ2n) is 9.65. The molecule has 6 heteroatoms. The van der Waals surface area contributed by atoms with Gasteiger partial charge >= 0.3 is 0 Å². The van der Waals surface area contributed by atoms with E-state index in [2.05, 4.69) is 65.5 Å². The van der Waals surface area contributed by atoms with Crippen molar-refractivity contribution in [2.45, 2.75) is 44.1 Å². The predicted octanol–water partition coefficient (Wildman–Crippen LogP) is 3.63. The molecule has 0 bridgehead atoms. The average Bonchev–Trinajstić information content (AvgIpc) is 3.10. The summed E-state index contributed by atoms with van der Waals surface area (Å²) in [5, 5.41) is 9.33. The van der Waals surface area contributed by atoms with E-state index >= 15 is 0 Å². The van der Waals surface area contributed by atoms with Crippen LogP contribution in [0.4, 0.5) is 5.82 Å². The zero-order chi connectivity index (χ0) is 21.5. The third-order valence-corrected chi connectivity index (χ3v) is 7.60. The summed E-state index contributed by atoms with van der Waals surface area (Å²) in [4.78, 5) is 7.40. The molecule has 1 aromatic heterocycles. The van der Waals surface area contributed by atoms with Crippen molar-refractivity contribution in [3.8, 4) is 0 Å². The Hall–Kier alpha value is -2.31. The highest BCUT2D eigenvalue weighted by atomic mass is 15.4. The van der Waals surface area contributed by atoms with Crippen LogP contribution in [0.5, 0.6) is 0 Å². The third kappa shape index (κ3) is 3.99.